The second kappa shape index (κ2) is 8.07. The van der Waals surface area contributed by atoms with Crippen molar-refractivity contribution >= 4 is 23.7 Å². The van der Waals surface area contributed by atoms with Gasteiger partial charge in [-0.1, -0.05) is 19.1 Å². The van der Waals surface area contributed by atoms with Crippen molar-refractivity contribution in [1.82, 2.24) is 30.9 Å². The molecule has 1 aromatic heterocycles. The van der Waals surface area contributed by atoms with Crippen LogP contribution in [-0.4, -0.2) is 56.6 Å². The molecule has 0 aromatic carbocycles. The first kappa shape index (κ1) is 18.0. The average Bonchev–Trinajstić information content (AvgIpc) is 3.24. The summed E-state index contributed by atoms with van der Waals surface area (Å²) in [5, 5.41) is 17.4. The van der Waals surface area contributed by atoms with Gasteiger partial charge in [0.25, 0.3) is 0 Å². The van der Waals surface area contributed by atoms with Crippen LogP contribution in [0.25, 0.3) is 0 Å². The number of urea groups is 1. The van der Waals surface area contributed by atoms with E-state index < -0.39 is 0 Å². The number of nitrogens with zero attached hydrogens (tertiary/aromatic N) is 3. The summed E-state index contributed by atoms with van der Waals surface area (Å²) in [4.78, 5) is 23.3. The number of nitrogens with one attached hydrogen (secondary N) is 3. The number of carbonyl (C=O) groups excluding carboxylic acids is 2. The van der Waals surface area contributed by atoms with Crippen molar-refractivity contribution in [3.63, 3.8) is 0 Å². The van der Waals surface area contributed by atoms with Crippen molar-refractivity contribution in [2.24, 2.45) is 0 Å². The number of hydrogen-bond acceptors (Lipinski definition) is 5. The van der Waals surface area contributed by atoms with Gasteiger partial charge in [-0.15, -0.1) is 5.10 Å². The number of fused-ring (bicyclic) bond motifs is 1. The molecule has 9 heteroatoms. The van der Waals surface area contributed by atoms with E-state index in [1.165, 1.54) is 0 Å². The minimum absolute atomic E-state index is 0.0632. The molecule has 3 rings (SSSR count). The van der Waals surface area contributed by atoms with Gasteiger partial charge in [-0.3, -0.25) is 9.48 Å². The predicted molar refractivity (Wildman–Crippen MR) is 96.5 cm³/mol. The third kappa shape index (κ3) is 4.65. The van der Waals surface area contributed by atoms with Crippen LogP contribution in [0.1, 0.15) is 44.7 Å². The molecule has 3 amide bonds. The molecule has 0 bridgehead atoms. The Balaban J connectivity index is 1.30. The molecule has 0 aliphatic carbocycles. The van der Waals surface area contributed by atoms with E-state index in [4.69, 9.17) is 0 Å². The van der Waals surface area contributed by atoms with Gasteiger partial charge in [0, 0.05) is 30.2 Å². The van der Waals surface area contributed by atoms with Crippen LogP contribution in [-0.2, 0) is 11.3 Å². The molecule has 1 aromatic rings. The highest BCUT2D eigenvalue weighted by Gasteiger charge is 2.42. The van der Waals surface area contributed by atoms with Crippen molar-refractivity contribution in [3.05, 3.63) is 11.9 Å². The molecule has 2 aliphatic rings. The van der Waals surface area contributed by atoms with Gasteiger partial charge in [-0.2, -0.15) is 11.8 Å². The molecular formula is C16H26N6O2S. The first-order valence-electron chi connectivity index (χ1n) is 8.88. The van der Waals surface area contributed by atoms with E-state index >= 15 is 0 Å². The third-order valence-corrected chi connectivity index (χ3v) is 6.15. The maximum atomic E-state index is 12.0. The number of aromatic nitrogens is 3. The SMILES string of the molecule is CC(C)c1cn(CCNC(=O)CCC[C@@H]2SC[C@@H]3NC(=O)N[C@@H]32)nn1. The Bertz CT molecular complexity index is 620. The molecule has 2 fully saturated rings. The Morgan fingerprint density at radius 3 is 3.08 bits per heavy atom. The molecule has 0 unspecified atom stereocenters. The van der Waals surface area contributed by atoms with E-state index in [1.807, 2.05) is 18.0 Å². The van der Waals surface area contributed by atoms with E-state index in [1.54, 1.807) is 4.68 Å². The smallest absolute Gasteiger partial charge is 0.315 e. The Labute approximate surface area is 151 Å². The number of carbonyl (C=O) groups is 2. The first-order chi connectivity index (χ1) is 12.0. The lowest BCUT2D eigenvalue weighted by atomic mass is 10.0. The first-order valence-corrected chi connectivity index (χ1v) is 9.93. The molecule has 25 heavy (non-hydrogen) atoms. The van der Waals surface area contributed by atoms with Gasteiger partial charge in [0.2, 0.25) is 5.91 Å². The highest BCUT2D eigenvalue weighted by molar-refractivity contribution is 8.00. The van der Waals surface area contributed by atoms with Gasteiger partial charge >= 0.3 is 6.03 Å². The molecule has 2 aliphatic heterocycles. The Kier molecular flexibility index (Phi) is 5.82. The minimum Gasteiger partial charge on any atom is -0.354 e. The minimum atomic E-state index is -0.0632. The lowest BCUT2D eigenvalue weighted by Gasteiger charge is -2.16. The lowest BCUT2D eigenvalue weighted by molar-refractivity contribution is -0.121. The van der Waals surface area contributed by atoms with Crippen LogP contribution in [0, 0.1) is 0 Å². The number of amides is 3. The second-order valence-corrected chi connectivity index (χ2v) is 8.20. The molecule has 0 spiro atoms. The summed E-state index contributed by atoms with van der Waals surface area (Å²) < 4.78 is 1.76. The van der Waals surface area contributed by atoms with Crippen molar-refractivity contribution in [2.75, 3.05) is 12.3 Å². The number of thioether (sulfide) groups is 1. The number of hydrogen-bond donors (Lipinski definition) is 3. The van der Waals surface area contributed by atoms with Crippen LogP contribution in [0.4, 0.5) is 4.79 Å². The third-order valence-electron chi connectivity index (χ3n) is 4.64. The zero-order valence-corrected chi connectivity index (χ0v) is 15.5. The highest BCUT2D eigenvalue weighted by atomic mass is 32.2. The van der Waals surface area contributed by atoms with Crippen molar-refractivity contribution in [1.29, 1.82) is 0 Å². The molecule has 3 heterocycles. The fraction of sp³-hybridized carbons (Fsp3) is 0.750. The maximum Gasteiger partial charge on any atom is 0.315 e. The summed E-state index contributed by atoms with van der Waals surface area (Å²) in [5.41, 5.74) is 0.965. The summed E-state index contributed by atoms with van der Waals surface area (Å²) in [6, 6.07) is 0.393. The van der Waals surface area contributed by atoms with Crippen molar-refractivity contribution < 1.29 is 9.59 Å². The van der Waals surface area contributed by atoms with Gasteiger partial charge in [-0.25, -0.2) is 4.79 Å². The van der Waals surface area contributed by atoms with Crippen LogP contribution < -0.4 is 16.0 Å². The molecule has 0 radical (unpaired) electrons. The summed E-state index contributed by atoms with van der Waals surface area (Å²) in [5.74, 6) is 1.38. The highest BCUT2D eigenvalue weighted by Crippen LogP contribution is 2.32. The quantitative estimate of drug-likeness (QED) is 0.592. The lowest BCUT2D eigenvalue weighted by Crippen LogP contribution is -2.37. The Morgan fingerprint density at radius 2 is 2.32 bits per heavy atom. The van der Waals surface area contributed by atoms with Gasteiger partial charge in [0.15, 0.2) is 0 Å². The fourth-order valence-electron chi connectivity index (χ4n) is 3.19. The van der Waals surface area contributed by atoms with Crippen LogP contribution in [0.5, 0.6) is 0 Å². The summed E-state index contributed by atoms with van der Waals surface area (Å²) in [6.45, 7) is 5.34. The monoisotopic (exact) mass is 366 g/mol. The zero-order valence-electron chi connectivity index (χ0n) is 14.7. The van der Waals surface area contributed by atoms with Gasteiger partial charge < -0.3 is 16.0 Å². The zero-order chi connectivity index (χ0) is 17.8. The standard InChI is InChI=1S/C16H26N6O2S/c1-10(2)11-8-22(21-20-11)7-6-17-14(23)5-3-4-13-15-12(9-25-13)18-16(24)19-15/h8,10,12-13,15H,3-7,9H2,1-2H3,(H,17,23)(H2,18,19,24)/t12-,13-,15-/m0/s1. The van der Waals surface area contributed by atoms with E-state index in [9.17, 15) is 9.59 Å². The van der Waals surface area contributed by atoms with Crippen LogP contribution in [0.2, 0.25) is 0 Å². The van der Waals surface area contributed by atoms with E-state index in [-0.39, 0.29) is 24.0 Å². The van der Waals surface area contributed by atoms with Crippen LogP contribution >= 0.6 is 11.8 Å². The molecular weight excluding hydrogens is 340 g/mol. The number of rotatable bonds is 8. The predicted octanol–water partition coefficient (Wildman–Crippen LogP) is 0.853. The molecule has 138 valence electrons. The van der Waals surface area contributed by atoms with Crippen LogP contribution in [0.15, 0.2) is 6.20 Å². The molecule has 0 saturated carbocycles. The van der Waals surface area contributed by atoms with E-state index in [2.05, 4.69) is 40.1 Å². The fourth-order valence-corrected chi connectivity index (χ4v) is 4.74. The summed E-state index contributed by atoms with van der Waals surface area (Å²) in [6.07, 6.45) is 4.23. The second-order valence-electron chi connectivity index (χ2n) is 6.93. The van der Waals surface area contributed by atoms with Gasteiger partial charge in [-0.05, 0) is 18.8 Å². The maximum absolute atomic E-state index is 12.0. The van der Waals surface area contributed by atoms with Gasteiger partial charge in [0.1, 0.15) is 0 Å². The normalized spacial score (nSPS) is 24.9. The van der Waals surface area contributed by atoms with Crippen LogP contribution in [0.3, 0.4) is 0 Å². The Hall–Kier alpha value is -1.77. The van der Waals surface area contributed by atoms with Gasteiger partial charge in [0.05, 0.1) is 24.3 Å². The average molecular weight is 366 g/mol. The van der Waals surface area contributed by atoms with Crippen molar-refractivity contribution in [2.45, 2.75) is 62.9 Å². The summed E-state index contributed by atoms with van der Waals surface area (Å²) >= 11 is 1.88. The molecule has 2 saturated heterocycles. The van der Waals surface area contributed by atoms with E-state index in [0.717, 1.165) is 24.3 Å². The topological polar surface area (TPSA) is 101 Å². The molecule has 3 atom stereocenters. The van der Waals surface area contributed by atoms with E-state index in [0.29, 0.717) is 30.7 Å². The summed E-state index contributed by atoms with van der Waals surface area (Å²) in [7, 11) is 0. The molecule has 8 nitrogen and oxygen atoms in total. The Morgan fingerprint density at radius 1 is 1.48 bits per heavy atom. The largest absolute Gasteiger partial charge is 0.354 e. The van der Waals surface area contributed by atoms with Crippen molar-refractivity contribution in [3.8, 4) is 0 Å². The molecule has 3 N–H and O–H groups in total.